The number of imidazole rings is 1. The van der Waals surface area contributed by atoms with Gasteiger partial charge >= 0.3 is 0 Å². The van der Waals surface area contributed by atoms with Gasteiger partial charge in [-0.1, -0.05) is 0 Å². The minimum absolute atomic E-state index is 0.0379. The van der Waals surface area contributed by atoms with Crippen LogP contribution in [0.3, 0.4) is 0 Å². The van der Waals surface area contributed by atoms with Crippen molar-refractivity contribution in [1.82, 2.24) is 19.4 Å². The van der Waals surface area contributed by atoms with Gasteiger partial charge in [0.2, 0.25) is 11.9 Å². The molecule has 7 nitrogen and oxygen atoms in total. The summed E-state index contributed by atoms with van der Waals surface area (Å²) in [6, 6.07) is 0. The molecule has 114 valence electrons. The SMILES string of the molecule is CC(=O)N1CCCN(C(=O)c2cn3c(n2)NCCC3)CC1. The van der Waals surface area contributed by atoms with E-state index in [0.717, 1.165) is 38.4 Å². The molecule has 7 heteroatoms. The molecule has 0 aromatic carbocycles. The van der Waals surface area contributed by atoms with Crippen LogP contribution in [0.25, 0.3) is 0 Å². The monoisotopic (exact) mass is 291 g/mol. The molecule has 1 N–H and O–H groups in total. The van der Waals surface area contributed by atoms with Gasteiger partial charge in [-0.15, -0.1) is 0 Å². The molecule has 0 unspecified atom stereocenters. The molecule has 21 heavy (non-hydrogen) atoms. The standard InChI is InChI=1S/C14H21N5O2/c1-11(20)17-6-3-7-18(9-8-17)13(21)12-10-19-5-2-4-15-14(19)16-12/h10H,2-9H2,1H3,(H,15,16). The van der Waals surface area contributed by atoms with Gasteiger partial charge in [0.1, 0.15) is 5.69 Å². The molecular weight excluding hydrogens is 270 g/mol. The number of rotatable bonds is 1. The summed E-state index contributed by atoms with van der Waals surface area (Å²) in [5.41, 5.74) is 0.496. The Hall–Kier alpha value is -2.05. The first-order valence-corrected chi connectivity index (χ1v) is 7.51. The molecule has 1 aromatic rings. The fourth-order valence-electron chi connectivity index (χ4n) is 2.88. The number of hydrogen-bond donors (Lipinski definition) is 1. The van der Waals surface area contributed by atoms with Gasteiger partial charge in [0.05, 0.1) is 0 Å². The average molecular weight is 291 g/mol. The Labute approximate surface area is 123 Å². The second-order valence-corrected chi connectivity index (χ2v) is 5.58. The predicted octanol–water partition coefficient (Wildman–Crippen LogP) is 0.393. The summed E-state index contributed by atoms with van der Waals surface area (Å²) in [6.45, 7) is 5.97. The van der Waals surface area contributed by atoms with Crippen LogP contribution in [-0.4, -0.2) is 63.9 Å². The molecule has 1 fully saturated rings. The third-order valence-corrected chi connectivity index (χ3v) is 4.08. The number of fused-ring (bicyclic) bond motifs is 1. The van der Waals surface area contributed by atoms with E-state index in [9.17, 15) is 9.59 Å². The van der Waals surface area contributed by atoms with Crippen molar-refractivity contribution in [3.05, 3.63) is 11.9 Å². The van der Waals surface area contributed by atoms with Crippen LogP contribution in [0.2, 0.25) is 0 Å². The van der Waals surface area contributed by atoms with Gasteiger partial charge in [0.15, 0.2) is 0 Å². The molecule has 0 spiro atoms. The maximum Gasteiger partial charge on any atom is 0.274 e. The Balaban J connectivity index is 1.70. The lowest BCUT2D eigenvalue weighted by Crippen LogP contribution is -2.36. The minimum Gasteiger partial charge on any atom is -0.356 e. The largest absolute Gasteiger partial charge is 0.356 e. The summed E-state index contributed by atoms with van der Waals surface area (Å²) >= 11 is 0. The van der Waals surface area contributed by atoms with E-state index in [1.165, 1.54) is 0 Å². The first kappa shape index (κ1) is 13.9. The van der Waals surface area contributed by atoms with Crippen molar-refractivity contribution in [2.45, 2.75) is 26.3 Å². The molecule has 0 radical (unpaired) electrons. The van der Waals surface area contributed by atoms with E-state index in [4.69, 9.17) is 0 Å². The first-order chi connectivity index (χ1) is 10.1. The molecule has 0 atom stereocenters. The molecule has 1 saturated heterocycles. The van der Waals surface area contributed by atoms with Crippen LogP contribution >= 0.6 is 0 Å². The lowest BCUT2D eigenvalue weighted by molar-refractivity contribution is -0.128. The Morgan fingerprint density at radius 1 is 1.10 bits per heavy atom. The quantitative estimate of drug-likeness (QED) is 0.813. The highest BCUT2D eigenvalue weighted by Crippen LogP contribution is 2.16. The van der Waals surface area contributed by atoms with Crippen molar-refractivity contribution in [3.63, 3.8) is 0 Å². The number of nitrogens with zero attached hydrogens (tertiary/aromatic N) is 4. The number of anilines is 1. The molecule has 0 bridgehead atoms. The van der Waals surface area contributed by atoms with Crippen molar-refractivity contribution in [1.29, 1.82) is 0 Å². The van der Waals surface area contributed by atoms with Gasteiger partial charge in [0, 0.05) is 52.4 Å². The van der Waals surface area contributed by atoms with Crippen LogP contribution in [-0.2, 0) is 11.3 Å². The zero-order valence-electron chi connectivity index (χ0n) is 12.3. The van der Waals surface area contributed by atoms with E-state index in [1.807, 2.05) is 10.8 Å². The Morgan fingerprint density at radius 3 is 2.62 bits per heavy atom. The summed E-state index contributed by atoms with van der Waals surface area (Å²) in [5.74, 6) is 0.819. The van der Waals surface area contributed by atoms with Gasteiger partial charge in [-0.05, 0) is 12.8 Å². The Morgan fingerprint density at radius 2 is 1.86 bits per heavy atom. The maximum absolute atomic E-state index is 12.6. The molecule has 3 heterocycles. The Kier molecular flexibility index (Phi) is 3.81. The second-order valence-electron chi connectivity index (χ2n) is 5.58. The molecule has 2 aliphatic heterocycles. The van der Waals surface area contributed by atoms with Crippen LogP contribution < -0.4 is 5.32 Å². The number of nitrogens with one attached hydrogen (secondary N) is 1. The van der Waals surface area contributed by atoms with E-state index in [2.05, 4.69) is 10.3 Å². The second kappa shape index (κ2) is 5.75. The lowest BCUT2D eigenvalue weighted by Gasteiger charge is -2.20. The van der Waals surface area contributed by atoms with E-state index >= 15 is 0 Å². The normalized spacial score (nSPS) is 18.7. The van der Waals surface area contributed by atoms with Crippen LogP contribution in [0.15, 0.2) is 6.20 Å². The van der Waals surface area contributed by atoms with Gasteiger partial charge in [-0.25, -0.2) is 4.98 Å². The third kappa shape index (κ3) is 2.86. The molecule has 1 aromatic heterocycles. The molecule has 2 aliphatic rings. The van der Waals surface area contributed by atoms with E-state index in [-0.39, 0.29) is 11.8 Å². The molecule has 0 aliphatic carbocycles. The third-order valence-electron chi connectivity index (χ3n) is 4.08. The zero-order valence-corrected chi connectivity index (χ0v) is 12.3. The number of carbonyl (C=O) groups excluding carboxylic acids is 2. The van der Waals surface area contributed by atoms with Crippen molar-refractivity contribution in [3.8, 4) is 0 Å². The van der Waals surface area contributed by atoms with Crippen molar-refractivity contribution >= 4 is 17.8 Å². The predicted molar refractivity (Wildman–Crippen MR) is 78.1 cm³/mol. The molecule has 2 amide bonds. The van der Waals surface area contributed by atoms with E-state index in [1.54, 1.807) is 16.7 Å². The van der Waals surface area contributed by atoms with Crippen LogP contribution in [0.5, 0.6) is 0 Å². The van der Waals surface area contributed by atoms with Crippen molar-refractivity contribution in [2.24, 2.45) is 0 Å². The molecule has 0 saturated carbocycles. The summed E-state index contributed by atoms with van der Waals surface area (Å²) in [4.78, 5) is 32.0. The number of aryl methyl sites for hydroxylation is 1. The van der Waals surface area contributed by atoms with Crippen molar-refractivity contribution < 1.29 is 9.59 Å². The highest BCUT2D eigenvalue weighted by Gasteiger charge is 2.24. The topological polar surface area (TPSA) is 70.5 Å². The number of aromatic nitrogens is 2. The summed E-state index contributed by atoms with van der Waals surface area (Å²) in [6.07, 6.45) is 3.70. The fourth-order valence-corrected chi connectivity index (χ4v) is 2.88. The van der Waals surface area contributed by atoms with E-state index < -0.39 is 0 Å². The minimum atomic E-state index is -0.0379. The summed E-state index contributed by atoms with van der Waals surface area (Å²) in [7, 11) is 0. The molecular formula is C14H21N5O2. The first-order valence-electron chi connectivity index (χ1n) is 7.51. The number of amides is 2. The van der Waals surface area contributed by atoms with Crippen LogP contribution in [0, 0.1) is 0 Å². The van der Waals surface area contributed by atoms with Crippen LogP contribution in [0.4, 0.5) is 5.95 Å². The maximum atomic E-state index is 12.6. The van der Waals surface area contributed by atoms with Gasteiger partial charge in [-0.3, -0.25) is 9.59 Å². The lowest BCUT2D eigenvalue weighted by atomic mass is 10.3. The number of hydrogen-bond acceptors (Lipinski definition) is 4. The van der Waals surface area contributed by atoms with Crippen molar-refractivity contribution in [2.75, 3.05) is 38.0 Å². The Bertz CT molecular complexity index is 530. The summed E-state index contributed by atoms with van der Waals surface area (Å²) < 4.78 is 2.00. The molecule has 3 rings (SSSR count). The summed E-state index contributed by atoms with van der Waals surface area (Å²) in [5, 5.41) is 3.20. The highest BCUT2D eigenvalue weighted by molar-refractivity contribution is 5.92. The average Bonchev–Trinajstić information content (AvgIpc) is 2.75. The van der Waals surface area contributed by atoms with E-state index in [0.29, 0.717) is 25.3 Å². The smallest absolute Gasteiger partial charge is 0.274 e. The van der Waals surface area contributed by atoms with Gasteiger partial charge in [-0.2, -0.15) is 0 Å². The fraction of sp³-hybridized carbons (Fsp3) is 0.643. The van der Waals surface area contributed by atoms with Crippen LogP contribution in [0.1, 0.15) is 30.3 Å². The van der Waals surface area contributed by atoms with Gasteiger partial charge in [0.25, 0.3) is 5.91 Å². The van der Waals surface area contributed by atoms with Gasteiger partial charge < -0.3 is 19.7 Å². The number of carbonyl (C=O) groups is 2. The zero-order chi connectivity index (χ0) is 14.8. The highest BCUT2D eigenvalue weighted by atomic mass is 16.2.